The van der Waals surface area contributed by atoms with Crippen LogP contribution in [0, 0.1) is 5.41 Å². The lowest BCUT2D eigenvalue weighted by molar-refractivity contribution is -0.149. The Morgan fingerprint density at radius 3 is 2.71 bits per heavy atom. The minimum absolute atomic E-state index is 0. The minimum Gasteiger partial charge on any atom is -0.495 e. The standard InChI is InChI=1S/C23H30N4O5S.ClH/c1-23(2,3)13-19(28)25-16-8-7-15(12-18(16)31-4)20(29)26-22-27(10-11-33-22)14-32-21(30)17-6-5-9-24-17;/h7-8,10-12,17,24H,5-6,9,13-14H2,1-4H3,(H,25,28);1H. The van der Waals surface area contributed by atoms with Crippen molar-refractivity contribution in [1.29, 1.82) is 0 Å². The first-order chi connectivity index (χ1) is 15.7. The number of hydrogen-bond acceptors (Lipinski definition) is 7. The van der Waals surface area contributed by atoms with Gasteiger partial charge in [-0.25, -0.2) is 0 Å². The van der Waals surface area contributed by atoms with Crippen molar-refractivity contribution in [3.63, 3.8) is 0 Å². The molecule has 2 amide bonds. The molecule has 1 unspecified atom stereocenters. The third kappa shape index (κ3) is 7.68. The molecule has 3 rings (SSSR count). The summed E-state index contributed by atoms with van der Waals surface area (Å²) in [4.78, 5) is 41.7. The van der Waals surface area contributed by atoms with Crippen LogP contribution in [0.25, 0.3) is 0 Å². The van der Waals surface area contributed by atoms with E-state index in [0.29, 0.717) is 28.2 Å². The molecule has 0 spiro atoms. The Balaban J connectivity index is 0.00000408. The predicted molar refractivity (Wildman–Crippen MR) is 132 cm³/mol. The number of halogens is 1. The van der Waals surface area contributed by atoms with Crippen LogP contribution in [0.2, 0.25) is 0 Å². The van der Waals surface area contributed by atoms with Crippen LogP contribution in [0.5, 0.6) is 5.75 Å². The van der Waals surface area contributed by atoms with Crippen LogP contribution in [0.15, 0.2) is 34.8 Å². The van der Waals surface area contributed by atoms with Crippen molar-refractivity contribution in [2.24, 2.45) is 10.4 Å². The monoisotopic (exact) mass is 510 g/mol. The fourth-order valence-corrected chi connectivity index (χ4v) is 4.07. The molecule has 1 aliphatic rings. The second kappa shape index (κ2) is 12.1. The summed E-state index contributed by atoms with van der Waals surface area (Å²) in [6.45, 7) is 6.74. The average molecular weight is 511 g/mol. The third-order valence-electron chi connectivity index (χ3n) is 4.96. The molecule has 9 nitrogen and oxygen atoms in total. The van der Waals surface area contributed by atoms with Gasteiger partial charge in [-0.05, 0) is 43.0 Å². The molecule has 2 N–H and O–H groups in total. The molecule has 0 aliphatic carbocycles. The summed E-state index contributed by atoms with van der Waals surface area (Å²) in [6, 6.07) is 4.48. The highest BCUT2D eigenvalue weighted by molar-refractivity contribution is 7.07. The van der Waals surface area contributed by atoms with E-state index in [4.69, 9.17) is 9.47 Å². The molecule has 1 aromatic heterocycles. The van der Waals surface area contributed by atoms with E-state index in [1.165, 1.54) is 18.4 Å². The van der Waals surface area contributed by atoms with Crippen LogP contribution in [-0.4, -0.2) is 42.0 Å². The SMILES string of the molecule is COc1cc(C(=O)N=c2sccn2COC(=O)C2CCCN2)ccc1NC(=O)CC(C)(C)C.Cl. The number of benzene rings is 1. The number of aromatic nitrogens is 1. The first kappa shape index (κ1) is 27.6. The Hall–Kier alpha value is -2.69. The van der Waals surface area contributed by atoms with Gasteiger partial charge in [-0.15, -0.1) is 23.7 Å². The van der Waals surface area contributed by atoms with Gasteiger partial charge in [0.25, 0.3) is 5.91 Å². The maximum atomic E-state index is 12.8. The fraction of sp³-hybridized carbons (Fsp3) is 0.478. The molecule has 1 aliphatic heterocycles. The van der Waals surface area contributed by atoms with E-state index >= 15 is 0 Å². The minimum atomic E-state index is -0.471. The molecule has 34 heavy (non-hydrogen) atoms. The first-order valence-corrected chi connectivity index (χ1v) is 11.6. The lowest BCUT2D eigenvalue weighted by Gasteiger charge is -2.18. The topological polar surface area (TPSA) is 111 Å². The number of nitrogens with zero attached hydrogens (tertiary/aromatic N) is 2. The Labute approximate surface area is 209 Å². The highest BCUT2D eigenvalue weighted by Crippen LogP contribution is 2.27. The molecule has 2 heterocycles. The van der Waals surface area contributed by atoms with Gasteiger partial charge in [0.05, 0.1) is 12.8 Å². The van der Waals surface area contributed by atoms with Crippen molar-refractivity contribution < 1.29 is 23.9 Å². The second-order valence-corrected chi connectivity index (χ2v) is 9.89. The van der Waals surface area contributed by atoms with E-state index in [2.05, 4.69) is 15.6 Å². The van der Waals surface area contributed by atoms with Gasteiger partial charge >= 0.3 is 5.97 Å². The number of anilines is 1. The molecule has 1 saturated heterocycles. The summed E-state index contributed by atoms with van der Waals surface area (Å²) in [5.41, 5.74) is 0.652. The lowest BCUT2D eigenvalue weighted by Crippen LogP contribution is -2.33. The zero-order chi connectivity index (χ0) is 24.0. The molecule has 1 fully saturated rings. The normalized spacial score (nSPS) is 16.0. The summed E-state index contributed by atoms with van der Waals surface area (Å²) in [5.74, 6) is -0.542. The highest BCUT2D eigenvalue weighted by Gasteiger charge is 2.23. The summed E-state index contributed by atoms with van der Waals surface area (Å²) < 4.78 is 12.3. The number of carbonyl (C=O) groups excluding carboxylic acids is 3. The number of hydrogen-bond donors (Lipinski definition) is 2. The highest BCUT2D eigenvalue weighted by atomic mass is 35.5. The van der Waals surface area contributed by atoms with E-state index in [1.54, 1.807) is 34.3 Å². The molecule has 0 saturated carbocycles. The van der Waals surface area contributed by atoms with Gasteiger partial charge in [0, 0.05) is 23.6 Å². The van der Waals surface area contributed by atoms with Crippen LogP contribution in [-0.2, 0) is 21.1 Å². The van der Waals surface area contributed by atoms with Crippen molar-refractivity contribution in [1.82, 2.24) is 9.88 Å². The number of ether oxygens (including phenoxy) is 2. The van der Waals surface area contributed by atoms with Crippen molar-refractivity contribution in [2.45, 2.75) is 52.8 Å². The van der Waals surface area contributed by atoms with E-state index in [0.717, 1.165) is 19.4 Å². The van der Waals surface area contributed by atoms with Crippen LogP contribution >= 0.6 is 23.7 Å². The van der Waals surface area contributed by atoms with Gasteiger partial charge < -0.3 is 20.1 Å². The third-order valence-corrected chi connectivity index (χ3v) is 5.76. The number of methoxy groups -OCH3 is 1. The predicted octanol–water partition coefficient (Wildman–Crippen LogP) is 3.35. The van der Waals surface area contributed by atoms with Crippen molar-refractivity contribution >= 4 is 47.2 Å². The zero-order valence-corrected chi connectivity index (χ0v) is 21.4. The quantitative estimate of drug-likeness (QED) is 0.552. The van der Waals surface area contributed by atoms with Gasteiger partial charge in [-0.3, -0.25) is 19.0 Å². The van der Waals surface area contributed by atoms with Crippen molar-refractivity contribution in [2.75, 3.05) is 19.0 Å². The number of esters is 1. The number of carbonyl (C=O) groups is 3. The van der Waals surface area contributed by atoms with E-state index in [-0.39, 0.29) is 42.5 Å². The van der Waals surface area contributed by atoms with Crippen LogP contribution < -0.4 is 20.2 Å². The molecule has 11 heteroatoms. The van der Waals surface area contributed by atoms with Gasteiger partial charge in [0.2, 0.25) is 5.91 Å². The maximum Gasteiger partial charge on any atom is 0.324 e. The molecule has 1 atom stereocenters. The fourth-order valence-electron chi connectivity index (χ4n) is 3.36. The van der Waals surface area contributed by atoms with Gasteiger partial charge in [-0.2, -0.15) is 4.99 Å². The summed E-state index contributed by atoms with van der Waals surface area (Å²) in [6.07, 6.45) is 3.77. The maximum absolute atomic E-state index is 12.8. The summed E-state index contributed by atoms with van der Waals surface area (Å²) >= 11 is 1.26. The first-order valence-electron chi connectivity index (χ1n) is 10.8. The second-order valence-electron chi connectivity index (χ2n) is 9.01. The molecular weight excluding hydrogens is 480 g/mol. The number of rotatable bonds is 7. The summed E-state index contributed by atoms with van der Waals surface area (Å²) in [7, 11) is 1.47. The zero-order valence-electron chi connectivity index (χ0n) is 19.8. The van der Waals surface area contributed by atoms with E-state index in [9.17, 15) is 14.4 Å². The molecular formula is C23H31ClN4O5S. The molecule has 186 valence electrons. The summed E-state index contributed by atoms with van der Waals surface area (Å²) in [5, 5.41) is 7.69. The average Bonchev–Trinajstić information content (AvgIpc) is 3.43. The van der Waals surface area contributed by atoms with Crippen LogP contribution in [0.1, 0.15) is 50.4 Å². The van der Waals surface area contributed by atoms with E-state index in [1.807, 2.05) is 20.8 Å². The molecule has 1 aromatic carbocycles. The van der Waals surface area contributed by atoms with Crippen LogP contribution in [0.3, 0.4) is 0 Å². The van der Waals surface area contributed by atoms with Gasteiger partial charge in [0.1, 0.15) is 11.8 Å². The van der Waals surface area contributed by atoms with E-state index < -0.39 is 5.91 Å². The van der Waals surface area contributed by atoms with Crippen LogP contribution in [0.4, 0.5) is 5.69 Å². The number of amides is 2. The molecule has 0 radical (unpaired) electrons. The molecule has 0 bridgehead atoms. The Kier molecular flexibility index (Phi) is 9.84. The number of thiazole rings is 1. The lowest BCUT2D eigenvalue weighted by atomic mass is 9.92. The molecule has 2 aromatic rings. The van der Waals surface area contributed by atoms with Crippen molar-refractivity contribution in [3.05, 3.63) is 40.1 Å². The Bertz CT molecular complexity index is 1080. The van der Waals surface area contributed by atoms with Crippen molar-refractivity contribution in [3.8, 4) is 5.75 Å². The smallest absolute Gasteiger partial charge is 0.324 e. The Morgan fingerprint density at radius 1 is 1.29 bits per heavy atom. The van der Waals surface area contributed by atoms with Gasteiger partial charge in [0.15, 0.2) is 11.5 Å². The van der Waals surface area contributed by atoms with Gasteiger partial charge in [-0.1, -0.05) is 20.8 Å². The largest absolute Gasteiger partial charge is 0.495 e. The Morgan fingerprint density at radius 2 is 2.06 bits per heavy atom. The number of nitrogens with one attached hydrogen (secondary N) is 2.